The van der Waals surface area contributed by atoms with E-state index < -0.39 is 0 Å². The van der Waals surface area contributed by atoms with Crippen molar-refractivity contribution in [2.24, 2.45) is 11.8 Å². The summed E-state index contributed by atoms with van der Waals surface area (Å²) < 4.78 is 0. The van der Waals surface area contributed by atoms with Crippen LogP contribution in [0.4, 0.5) is 0 Å². The van der Waals surface area contributed by atoms with Gasteiger partial charge >= 0.3 is 0 Å². The van der Waals surface area contributed by atoms with Crippen LogP contribution in [0, 0.1) is 11.8 Å². The maximum absolute atomic E-state index is 9.18. The lowest BCUT2D eigenvalue weighted by molar-refractivity contribution is 0.142. The van der Waals surface area contributed by atoms with Crippen LogP contribution in [0.3, 0.4) is 0 Å². The van der Waals surface area contributed by atoms with Gasteiger partial charge in [0.2, 0.25) is 0 Å². The van der Waals surface area contributed by atoms with Gasteiger partial charge in [-0.2, -0.15) is 0 Å². The van der Waals surface area contributed by atoms with Crippen molar-refractivity contribution < 1.29 is 5.11 Å². The fourth-order valence-corrected chi connectivity index (χ4v) is 3.09. The van der Waals surface area contributed by atoms with Crippen LogP contribution in [0.2, 0.25) is 0 Å². The van der Waals surface area contributed by atoms with E-state index in [-0.39, 0.29) is 0 Å². The lowest BCUT2D eigenvalue weighted by Gasteiger charge is -2.36. The van der Waals surface area contributed by atoms with Gasteiger partial charge < -0.3 is 10.4 Å². The van der Waals surface area contributed by atoms with Gasteiger partial charge in [-0.25, -0.2) is 0 Å². The second-order valence-corrected chi connectivity index (χ2v) is 5.03. The van der Waals surface area contributed by atoms with Crippen LogP contribution in [0.25, 0.3) is 0 Å². The van der Waals surface area contributed by atoms with Crippen LogP contribution in [0.15, 0.2) is 0 Å². The third-order valence-electron chi connectivity index (χ3n) is 4.02. The van der Waals surface area contributed by atoms with Gasteiger partial charge in [0, 0.05) is 12.6 Å². The summed E-state index contributed by atoms with van der Waals surface area (Å²) in [5, 5.41) is 12.8. The first-order chi connectivity index (χ1) is 6.90. The minimum absolute atomic E-state index is 0.394. The molecule has 2 fully saturated rings. The van der Waals surface area contributed by atoms with Crippen molar-refractivity contribution in [3.8, 4) is 0 Å². The zero-order valence-corrected chi connectivity index (χ0v) is 9.04. The van der Waals surface area contributed by atoms with Crippen molar-refractivity contribution in [2.45, 2.75) is 51.0 Å². The Labute approximate surface area is 87.1 Å². The minimum atomic E-state index is 0.394. The molecule has 0 amide bonds. The molecule has 2 nitrogen and oxygen atoms in total. The molecule has 0 radical (unpaired) electrons. The summed E-state index contributed by atoms with van der Waals surface area (Å²) in [6.07, 6.45) is 9.48. The molecule has 2 heteroatoms. The topological polar surface area (TPSA) is 32.3 Å². The third-order valence-corrected chi connectivity index (χ3v) is 4.02. The summed E-state index contributed by atoms with van der Waals surface area (Å²) in [7, 11) is 0. The molecule has 1 saturated carbocycles. The molecule has 1 saturated heterocycles. The van der Waals surface area contributed by atoms with Gasteiger partial charge in [0.05, 0.1) is 0 Å². The zero-order valence-electron chi connectivity index (χ0n) is 9.04. The highest BCUT2D eigenvalue weighted by Crippen LogP contribution is 2.31. The molecule has 1 aliphatic carbocycles. The van der Waals surface area contributed by atoms with E-state index in [0.717, 1.165) is 12.5 Å². The molecule has 0 bridgehead atoms. The molecule has 82 valence electrons. The first kappa shape index (κ1) is 10.4. The van der Waals surface area contributed by atoms with Crippen LogP contribution in [-0.2, 0) is 0 Å². The fourth-order valence-electron chi connectivity index (χ4n) is 3.09. The lowest BCUT2D eigenvalue weighted by atomic mass is 9.78. The van der Waals surface area contributed by atoms with Crippen LogP contribution < -0.4 is 5.32 Å². The number of hydrogen-bond donors (Lipinski definition) is 2. The minimum Gasteiger partial charge on any atom is -0.396 e. The lowest BCUT2D eigenvalue weighted by Crippen LogP contribution is -2.44. The van der Waals surface area contributed by atoms with E-state index in [1.54, 1.807) is 0 Å². The highest BCUT2D eigenvalue weighted by molar-refractivity contribution is 4.85. The summed E-state index contributed by atoms with van der Waals surface area (Å²) in [6.45, 7) is 1.51. The summed E-state index contributed by atoms with van der Waals surface area (Å²) in [5.41, 5.74) is 0. The quantitative estimate of drug-likeness (QED) is 0.709. The van der Waals surface area contributed by atoms with E-state index in [4.69, 9.17) is 0 Å². The maximum Gasteiger partial charge on any atom is 0.0460 e. The predicted octanol–water partition coefficient (Wildman–Crippen LogP) is 1.93. The van der Waals surface area contributed by atoms with Crippen LogP contribution >= 0.6 is 0 Å². The van der Waals surface area contributed by atoms with Crippen LogP contribution in [0.1, 0.15) is 44.9 Å². The van der Waals surface area contributed by atoms with Crippen molar-refractivity contribution >= 4 is 0 Å². The fraction of sp³-hybridized carbons (Fsp3) is 1.00. The molecule has 2 unspecified atom stereocenters. The SMILES string of the molecule is OCC1CCNC(C2CCCCC2)C1. The Morgan fingerprint density at radius 1 is 1.07 bits per heavy atom. The van der Waals surface area contributed by atoms with Gasteiger partial charge in [-0.3, -0.25) is 0 Å². The molecule has 1 aliphatic heterocycles. The normalized spacial score (nSPS) is 35.8. The molecular weight excluding hydrogens is 174 g/mol. The average molecular weight is 197 g/mol. The van der Waals surface area contributed by atoms with Crippen molar-refractivity contribution in [3.05, 3.63) is 0 Å². The molecule has 2 rings (SSSR count). The Kier molecular flexibility index (Phi) is 3.82. The number of piperidine rings is 1. The third kappa shape index (κ3) is 2.48. The molecular formula is C12H23NO. The smallest absolute Gasteiger partial charge is 0.0460 e. The number of rotatable bonds is 2. The molecule has 2 atom stereocenters. The molecule has 14 heavy (non-hydrogen) atoms. The molecule has 0 aromatic carbocycles. The summed E-state index contributed by atoms with van der Waals surface area (Å²) in [6, 6.07) is 0.709. The van der Waals surface area contributed by atoms with Gasteiger partial charge in [-0.05, 0) is 44.1 Å². The number of hydrogen-bond acceptors (Lipinski definition) is 2. The Balaban J connectivity index is 1.83. The largest absolute Gasteiger partial charge is 0.396 e. The molecule has 1 heterocycles. The average Bonchev–Trinajstić information content (AvgIpc) is 2.30. The van der Waals surface area contributed by atoms with Gasteiger partial charge in [0.15, 0.2) is 0 Å². The van der Waals surface area contributed by atoms with Gasteiger partial charge in [-0.15, -0.1) is 0 Å². The molecule has 0 aromatic heterocycles. The molecule has 2 N–H and O–H groups in total. The summed E-state index contributed by atoms with van der Waals surface area (Å²) >= 11 is 0. The maximum atomic E-state index is 9.18. The highest BCUT2D eigenvalue weighted by atomic mass is 16.3. The Morgan fingerprint density at radius 2 is 1.86 bits per heavy atom. The van der Waals surface area contributed by atoms with E-state index in [9.17, 15) is 5.11 Å². The monoisotopic (exact) mass is 197 g/mol. The van der Waals surface area contributed by atoms with E-state index in [1.165, 1.54) is 44.9 Å². The van der Waals surface area contributed by atoms with Gasteiger partial charge in [-0.1, -0.05) is 19.3 Å². The molecule has 0 spiro atoms. The Bertz CT molecular complexity index is 166. The van der Waals surface area contributed by atoms with E-state index in [2.05, 4.69) is 5.32 Å². The summed E-state index contributed by atoms with van der Waals surface area (Å²) in [5.74, 6) is 1.47. The van der Waals surface area contributed by atoms with Gasteiger partial charge in [0.25, 0.3) is 0 Å². The Hall–Kier alpha value is -0.0800. The first-order valence-corrected chi connectivity index (χ1v) is 6.24. The van der Waals surface area contributed by atoms with E-state index in [1.807, 2.05) is 0 Å². The highest BCUT2D eigenvalue weighted by Gasteiger charge is 2.28. The first-order valence-electron chi connectivity index (χ1n) is 6.24. The second kappa shape index (κ2) is 5.13. The molecule has 0 aromatic rings. The van der Waals surface area contributed by atoms with Crippen molar-refractivity contribution in [1.29, 1.82) is 0 Å². The van der Waals surface area contributed by atoms with E-state index >= 15 is 0 Å². The van der Waals surface area contributed by atoms with E-state index in [0.29, 0.717) is 18.6 Å². The number of nitrogens with one attached hydrogen (secondary N) is 1. The summed E-state index contributed by atoms with van der Waals surface area (Å²) in [4.78, 5) is 0. The van der Waals surface area contributed by atoms with Crippen LogP contribution in [-0.4, -0.2) is 24.3 Å². The molecule has 2 aliphatic rings. The van der Waals surface area contributed by atoms with Crippen molar-refractivity contribution in [3.63, 3.8) is 0 Å². The Morgan fingerprint density at radius 3 is 2.57 bits per heavy atom. The van der Waals surface area contributed by atoms with Crippen molar-refractivity contribution in [1.82, 2.24) is 5.32 Å². The predicted molar refractivity (Wildman–Crippen MR) is 58.2 cm³/mol. The van der Waals surface area contributed by atoms with Gasteiger partial charge in [0.1, 0.15) is 0 Å². The van der Waals surface area contributed by atoms with Crippen LogP contribution in [0.5, 0.6) is 0 Å². The second-order valence-electron chi connectivity index (χ2n) is 5.03. The van der Waals surface area contributed by atoms with Crippen molar-refractivity contribution in [2.75, 3.05) is 13.2 Å². The standard InChI is InChI=1S/C12H23NO/c14-9-10-6-7-13-12(8-10)11-4-2-1-3-5-11/h10-14H,1-9H2. The number of aliphatic hydroxyl groups excluding tert-OH is 1. The number of aliphatic hydroxyl groups is 1. The zero-order chi connectivity index (χ0) is 9.80.